The highest BCUT2D eigenvalue weighted by atomic mass is 16.4. The van der Waals surface area contributed by atoms with Gasteiger partial charge in [-0.3, -0.25) is 0 Å². The predicted octanol–water partition coefficient (Wildman–Crippen LogP) is 7.67. The highest BCUT2D eigenvalue weighted by Crippen LogP contribution is 2.22. The van der Waals surface area contributed by atoms with E-state index in [9.17, 15) is 9.90 Å². The molecule has 142 valence electrons. The Hall–Kier alpha value is -0.790. The van der Waals surface area contributed by atoms with Gasteiger partial charge in [0, 0.05) is 5.57 Å². The van der Waals surface area contributed by atoms with Crippen LogP contribution < -0.4 is 0 Å². The van der Waals surface area contributed by atoms with E-state index in [1.807, 2.05) is 0 Å². The molecule has 0 heterocycles. The summed E-state index contributed by atoms with van der Waals surface area (Å²) in [5, 5.41) is 9.29. The highest BCUT2D eigenvalue weighted by molar-refractivity contribution is 5.86. The zero-order chi connectivity index (χ0) is 18.0. The molecular formula is C22H42O2. The lowest BCUT2D eigenvalue weighted by atomic mass is 9.95. The molecule has 1 N–H and O–H groups in total. The minimum absolute atomic E-state index is 0.603. The molecule has 0 aromatic heterocycles. The summed E-state index contributed by atoms with van der Waals surface area (Å²) in [5.74, 6) is -0.726. The fraction of sp³-hybridized carbons (Fsp3) is 0.864. The van der Waals surface area contributed by atoms with Crippen LogP contribution in [0.5, 0.6) is 0 Å². The summed E-state index contributed by atoms with van der Waals surface area (Å²) in [6, 6.07) is 0. The SMILES string of the molecule is CCCCCCCCCCC(CCCCCCCC)=C(C)C(=O)O. The summed E-state index contributed by atoms with van der Waals surface area (Å²) >= 11 is 0. The van der Waals surface area contributed by atoms with Crippen molar-refractivity contribution in [2.24, 2.45) is 0 Å². The molecule has 0 fully saturated rings. The molecule has 0 aliphatic carbocycles. The topological polar surface area (TPSA) is 37.3 Å². The number of rotatable bonds is 17. The van der Waals surface area contributed by atoms with Crippen molar-refractivity contribution in [3.8, 4) is 0 Å². The van der Waals surface area contributed by atoms with Gasteiger partial charge in [0.1, 0.15) is 0 Å². The molecule has 0 spiro atoms. The maximum Gasteiger partial charge on any atom is 0.331 e. The Morgan fingerprint density at radius 1 is 0.625 bits per heavy atom. The molecule has 0 saturated heterocycles. The second-order valence-electron chi connectivity index (χ2n) is 7.28. The molecule has 0 saturated carbocycles. The quantitative estimate of drug-likeness (QED) is 0.218. The van der Waals surface area contributed by atoms with Crippen LogP contribution >= 0.6 is 0 Å². The van der Waals surface area contributed by atoms with Crippen LogP contribution in [0.2, 0.25) is 0 Å². The van der Waals surface area contributed by atoms with Crippen molar-refractivity contribution in [1.29, 1.82) is 0 Å². The number of carboxylic acid groups (broad SMARTS) is 1. The summed E-state index contributed by atoms with van der Waals surface area (Å²) < 4.78 is 0. The molecule has 0 radical (unpaired) electrons. The third-order valence-electron chi connectivity index (χ3n) is 5.02. The van der Waals surface area contributed by atoms with Gasteiger partial charge in [-0.15, -0.1) is 0 Å². The van der Waals surface area contributed by atoms with Gasteiger partial charge in [0.05, 0.1) is 0 Å². The first-order valence-electron chi connectivity index (χ1n) is 10.5. The van der Waals surface area contributed by atoms with Gasteiger partial charge in [-0.25, -0.2) is 4.79 Å². The molecule has 0 aromatic rings. The van der Waals surface area contributed by atoms with Crippen molar-refractivity contribution < 1.29 is 9.90 Å². The van der Waals surface area contributed by atoms with Crippen LogP contribution in [0, 0.1) is 0 Å². The van der Waals surface area contributed by atoms with Crippen LogP contribution in [0.3, 0.4) is 0 Å². The zero-order valence-corrected chi connectivity index (χ0v) is 16.7. The standard InChI is InChI=1S/C22H42O2/c1-4-6-8-10-12-13-15-17-19-21(20(3)22(23)24)18-16-14-11-9-7-5-2/h4-19H2,1-3H3,(H,23,24). The molecule has 0 aliphatic rings. The number of aliphatic carboxylic acids is 1. The van der Waals surface area contributed by atoms with Crippen LogP contribution in [0.4, 0.5) is 0 Å². The van der Waals surface area contributed by atoms with E-state index in [2.05, 4.69) is 13.8 Å². The van der Waals surface area contributed by atoms with Gasteiger partial charge in [0.25, 0.3) is 0 Å². The van der Waals surface area contributed by atoms with Gasteiger partial charge in [-0.05, 0) is 32.6 Å². The molecule has 0 bridgehead atoms. The summed E-state index contributed by atoms with van der Waals surface area (Å²) in [6.45, 7) is 6.28. The van der Waals surface area contributed by atoms with Gasteiger partial charge in [-0.1, -0.05) is 96.5 Å². The summed E-state index contributed by atoms with van der Waals surface area (Å²) in [7, 11) is 0. The summed E-state index contributed by atoms with van der Waals surface area (Å²) in [4.78, 5) is 11.3. The summed E-state index contributed by atoms with van der Waals surface area (Å²) in [5.41, 5.74) is 1.80. The number of unbranched alkanes of at least 4 members (excludes halogenated alkanes) is 12. The zero-order valence-electron chi connectivity index (χ0n) is 16.7. The van der Waals surface area contributed by atoms with E-state index in [-0.39, 0.29) is 0 Å². The second kappa shape index (κ2) is 17.0. The Morgan fingerprint density at radius 3 is 1.29 bits per heavy atom. The largest absolute Gasteiger partial charge is 0.478 e. The van der Waals surface area contributed by atoms with Crippen molar-refractivity contribution in [1.82, 2.24) is 0 Å². The van der Waals surface area contributed by atoms with E-state index in [4.69, 9.17) is 0 Å². The molecule has 2 heteroatoms. The maximum absolute atomic E-state index is 11.3. The van der Waals surface area contributed by atoms with E-state index < -0.39 is 5.97 Å². The Balaban J connectivity index is 3.94. The molecule has 0 atom stereocenters. The molecular weight excluding hydrogens is 296 g/mol. The lowest BCUT2D eigenvalue weighted by molar-refractivity contribution is -0.132. The van der Waals surface area contributed by atoms with Crippen molar-refractivity contribution >= 4 is 5.97 Å². The maximum atomic E-state index is 11.3. The average molecular weight is 339 g/mol. The minimum atomic E-state index is -0.726. The second-order valence-corrected chi connectivity index (χ2v) is 7.28. The van der Waals surface area contributed by atoms with Crippen LogP contribution in [0.1, 0.15) is 124 Å². The lowest BCUT2D eigenvalue weighted by Gasteiger charge is -2.10. The van der Waals surface area contributed by atoms with Crippen molar-refractivity contribution in [2.45, 2.75) is 124 Å². The van der Waals surface area contributed by atoms with Gasteiger partial charge in [-0.2, -0.15) is 0 Å². The van der Waals surface area contributed by atoms with E-state index >= 15 is 0 Å². The predicted molar refractivity (Wildman–Crippen MR) is 106 cm³/mol. The van der Waals surface area contributed by atoms with Gasteiger partial charge in [0.15, 0.2) is 0 Å². The molecule has 0 amide bonds. The van der Waals surface area contributed by atoms with Crippen LogP contribution in [0.25, 0.3) is 0 Å². The monoisotopic (exact) mass is 338 g/mol. The first-order valence-corrected chi connectivity index (χ1v) is 10.5. The van der Waals surface area contributed by atoms with E-state index in [0.717, 1.165) is 25.7 Å². The smallest absolute Gasteiger partial charge is 0.331 e. The molecule has 0 unspecified atom stereocenters. The van der Waals surface area contributed by atoms with Gasteiger partial charge in [0.2, 0.25) is 0 Å². The number of carboxylic acids is 1. The van der Waals surface area contributed by atoms with E-state index in [1.54, 1.807) is 6.92 Å². The Labute approximate surface area is 151 Å². The van der Waals surface area contributed by atoms with E-state index in [0.29, 0.717) is 5.57 Å². The van der Waals surface area contributed by atoms with Crippen molar-refractivity contribution in [2.75, 3.05) is 0 Å². The molecule has 0 aliphatic heterocycles. The number of allylic oxidation sites excluding steroid dienone is 1. The minimum Gasteiger partial charge on any atom is -0.478 e. The Morgan fingerprint density at radius 2 is 0.958 bits per heavy atom. The first-order chi connectivity index (χ1) is 11.6. The third kappa shape index (κ3) is 13.6. The molecule has 0 rings (SSSR count). The Kier molecular flexibility index (Phi) is 16.5. The average Bonchev–Trinajstić information content (AvgIpc) is 2.57. The van der Waals surface area contributed by atoms with Gasteiger partial charge >= 0.3 is 5.97 Å². The van der Waals surface area contributed by atoms with Crippen LogP contribution in [-0.4, -0.2) is 11.1 Å². The molecule has 2 nitrogen and oxygen atoms in total. The van der Waals surface area contributed by atoms with Crippen LogP contribution in [-0.2, 0) is 4.79 Å². The third-order valence-corrected chi connectivity index (χ3v) is 5.02. The van der Waals surface area contributed by atoms with Crippen molar-refractivity contribution in [3.05, 3.63) is 11.1 Å². The summed E-state index contributed by atoms with van der Waals surface area (Å²) in [6.07, 6.45) is 20.1. The lowest BCUT2D eigenvalue weighted by Crippen LogP contribution is -2.02. The Bertz CT molecular complexity index is 331. The fourth-order valence-electron chi connectivity index (χ4n) is 3.24. The highest BCUT2D eigenvalue weighted by Gasteiger charge is 2.09. The first kappa shape index (κ1) is 23.2. The number of hydrogen-bond donors (Lipinski definition) is 1. The normalized spacial score (nSPS) is 12.3. The van der Waals surface area contributed by atoms with Crippen LogP contribution in [0.15, 0.2) is 11.1 Å². The molecule has 24 heavy (non-hydrogen) atoms. The van der Waals surface area contributed by atoms with Crippen molar-refractivity contribution in [3.63, 3.8) is 0 Å². The molecule has 0 aromatic carbocycles. The number of carbonyl (C=O) groups is 1. The van der Waals surface area contributed by atoms with Gasteiger partial charge < -0.3 is 5.11 Å². The number of hydrogen-bond acceptors (Lipinski definition) is 1. The fourth-order valence-corrected chi connectivity index (χ4v) is 3.24. The van der Waals surface area contributed by atoms with E-state index in [1.165, 1.54) is 82.6 Å².